The minimum Gasteiger partial charge on any atom is -0.493 e. The van der Waals surface area contributed by atoms with Gasteiger partial charge in [-0.2, -0.15) is 0 Å². The predicted octanol–water partition coefficient (Wildman–Crippen LogP) is 2.96. The van der Waals surface area contributed by atoms with E-state index in [1.54, 1.807) is 37.7 Å². The number of methoxy groups -OCH3 is 2. The van der Waals surface area contributed by atoms with Crippen LogP contribution in [0.1, 0.15) is 36.9 Å². The standard InChI is InChI=1S/C20H25N3O3/c1-23(14-16-13-21-10-11-22-16)19(24)20(8-4-5-9-20)15-6-7-17(25-2)18(12-15)26-3/h6-7,10-13H,4-5,8-9,14H2,1-3H3. The third-order valence-electron chi connectivity index (χ3n) is 5.17. The van der Waals surface area contributed by atoms with Crippen molar-refractivity contribution in [3.63, 3.8) is 0 Å². The van der Waals surface area contributed by atoms with Crippen LogP contribution in [0.5, 0.6) is 11.5 Å². The molecule has 1 aliphatic rings. The lowest BCUT2D eigenvalue weighted by molar-refractivity contribution is -0.136. The first-order valence-corrected chi connectivity index (χ1v) is 8.83. The molecule has 6 heteroatoms. The van der Waals surface area contributed by atoms with Crippen LogP contribution in [0.25, 0.3) is 0 Å². The highest BCUT2D eigenvalue weighted by molar-refractivity contribution is 5.88. The van der Waals surface area contributed by atoms with Crippen molar-refractivity contribution in [1.82, 2.24) is 14.9 Å². The molecule has 0 bridgehead atoms. The molecule has 6 nitrogen and oxygen atoms in total. The first-order chi connectivity index (χ1) is 12.6. The number of carbonyl (C=O) groups is 1. The highest BCUT2D eigenvalue weighted by Gasteiger charge is 2.44. The Morgan fingerprint density at radius 3 is 2.50 bits per heavy atom. The van der Waals surface area contributed by atoms with Gasteiger partial charge in [0.15, 0.2) is 11.5 Å². The van der Waals surface area contributed by atoms with E-state index >= 15 is 0 Å². The Morgan fingerprint density at radius 1 is 1.15 bits per heavy atom. The molecule has 3 rings (SSSR count). The molecule has 0 radical (unpaired) electrons. The Hall–Kier alpha value is -2.63. The fourth-order valence-corrected chi connectivity index (χ4v) is 3.83. The molecule has 1 aromatic heterocycles. The quantitative estimate of drug-likeness (QED) is 0.797. The van der Waals surface area contributed by atoms with Gasteiger partial charge in [-0.15, -0.1) is 0 Å². The van der Waals surface area contributed by atoms with Crippen molar-refractivity contribution in [3.8, 4) is 11.5 Å². The molecule has 0 saturated heterocycles. The second-order valence-electron chi connectivity index (χ2n) is 6.72. The number of rotatable bonds is 6. The SMILES string of the molecule is COc1ccc(C2(C(=O)N(C)Cc3cnccn3)CCCC2)cc1OC. The lowest BCUT2D eigenvalue weighted by atomic mass is 9.77. The van der Waals surface area contributed by atoms with Gasteiger partial charge in [0.25, 0.3) is 0 Å². The summed E-state index contributed by atoms with van der Waals surface area (Å²) in [4.78, 5) is 23.5. The molecule has 1 amide bonds. The summed E-state index contributed by atoms with van der Waals surface area (Å²) in [6.45, 7) is 0.446. The normalized spacial score (nSPS) is 15.5. The summed E-state index contributed by atoms with van der Waals surface area (Å²) in [5, 5.41) is 0. The molecule has 1 heterocycles. The number of carbonyl (C=O) groups excluding carboxylic acids is 1. The van der Waals surface area contributed by atoms with Crippen molar-refractivity contribution in [2.24, 2.45) is 0 Å². The Bertz CT molecular complexity index is 758. The zero-order valence-corrected chi connectivity index (χ0v) is 15.6. The Labute approximate surface area is 154 Å². The molecule has 26 heavy (non-hydrogen) atoms. The van der Waals surface area contributed by atoms with Crippen molar-refractivity contribution in [2.75, 3.05) is 21.3 Å². The largest absolute Gasteiger partial charge is 0.493 e. The van der Waals surface area contributed by atoms with Gasteiger partial charge in [0, 0.05) is 19.4 Å². The molecule has 0 N–H and O–H groups in total. The second-order valence-corrected chi connectivity index (χ2v) is 6.72. The van der Waals surface area contributed by atoms with Gasteiger partial charge < -0.3 is 14.4 Å². The van der Waals surface area contributed by atoms with Gasteiger partial charge in [0.2, 0.25) is 5.91 Å². The number of nitrogens with zero attached hydrogens (tertiary/aromatic N) is 3. The van der Waals surface area contributed by atoms with Crippen molar-refractivity contribution in [2.45, 2.75) is 37.6 Å². The van der Waals surface area contributed by atoms with Crippen LogP contribution in [0.2, 0.25) is 0 Å². The molecular formula is C20H25N3O3. The maximum absolute atomic E-state index is 13.4. The summed E-state index contributed by atoms with van der Waals surface area (Å²) < 4.78 is 10.8. The van der Waals surface area contributed by atoms with Gasteiger partial charge >= 0.3 is 0 Å². The predicted molar refractivity (Wildman–Crippen MR) is 98.2 cm³/mol. The van der Waals surface area contributed by atoms with Crippen LogP contribution in [-0.2, 0) is 16.8 Å². The van der Waals surface area contributed by atoms with Crippen molar-refractivity contribution in [3.05, 3.63) is 48.0 Å². The van der Waals surface area contributed by atoms with Crippen LogP contribution in [0, 0.1) is 0 Å². The third-order valence-corrected chi connectivity index (χ3v) is 5.17. The number of ether oxygens (including phenoxy) is 2. The van der Waals surface area contributed by atoms with Gasteiger partial charge in [0.05, 0.1) is 38.1 Å². The third kappa shape index (κ3) is 3.36. The molecule has 0 spiro atoms. The molecule has 1 aliphatic carbocycles. The van der Waals surface area contributed by atoms with Gasteiger partial charge in [-0.1, -0.05) is 18.9 Å². The molecular weight excluding hydrogens is 330 g/mol. The first kappa shape index (κ1) is 18.2. The number of aromatic nitrogens is 2. The van der Waals surface area contributed by atoms with Crippen LogP contribution in [0.15, 0.2) is 36.8 Å². The zero-order valence-electron chi connectivity index (χ0n) is 15.6. The lowest BCUT2D eigenvalue weighted by Gasteiger charge is -2.33. The highest BCUT2D eigenvalue weighted by Crippen LogP contribution is 2.45. The van der Waals surface area contributed by atoms with Crippen LogP contribution < -0.4 is 9.47 Å². The average Bonchev–Trinajstić information content (AvgIpc) is 3.18. The first-order valence-electron chi connectivity index (χ1n) is 8.83. The van der Waals surface area contributed by atoms with E-state index in [1.165, 1.54) is 0 Å². The van der Waals surface area contributed by atoms with Crippen LogP contribution in [0.4, 0.5) is 0 Å². The van der Waals surface area contributed by atoms with Gasteiger partial charge in [-0.05, 0) is 30.5 Å². The van der Waals surface area contributed by atoms with Crippen molar-refractivity contribution in [1.29, 1.82) is 0 Å². The highest BCUT2D eigenvalue weighted by atomic mass is 16.5. The van der Waals surface area contributed by atoms with E-state index in [1.807, 2.05) is 25.2 Å². The fourth-order valence-electron chi connectivity index (χ4n) is 3.83. The minimum atomic E-state index is -0.517. The fraction of sp³-hybridized carbons (Fsp3) is 0.450. The Morgan fingerprint density at radius 2 is 1.88 bits per heavy atom. The summed E-state index contributed by atoms with van der Waals surface area (Å²) in [6.07, 6.45) is 8.73. The van der Waals surface area contributed by atoms with Crippen LogP contribution in [-0.4, -0.2) is 42.0 Å². The topological polar surface area (TPSA) is 64.5 Å². The van der Waals surface area contributed by atoms with E-state index in [0.29, 0.717) is 18.0 Å². The molecule has 0 aliphatic heterocycles. The zero-order chi connectivity index (χ0) is 18.6. The van der Waals surface area contributed by atoms with E-state index in [0.717, 1.165) is 36.9 Å². The average molecular weight is 355 g/mol. The number of amides is 1. The smallest absolute Gasteiger partial charge is 0.233 e. The van der Waals surface area contributed by atoms with Crippen molar-refractivity contribution >= 4 is 5.91 Å². The number of hydrogen-bond donors (Lipinski definition) is 0. The molecule has 138 valence electrons. The molecule has 0 unspecified atom stereocenters. The number of benzene rings is 1. The lowest BCUT2D eigenvalue weighted by Crippen LogP contribution is -2.43. The molecule has 1 fully saturated rings. The minimum absolute atomic E-state index is 0.118. The van der Waals surface area contributed by atoms with E-state index in [9.17, 15) is 4.79 Å². The molecule has 0 atom stereocenters. The summed E-state index contributed by atoms with van der Waals surface area (Å²) in [6, 6.07) is 5.81. The van der Waals surface area contributed by atoms with Crippen molar-refractivity contribution < 1.29 is 14.3 Å². The molecule has 2 aromatic rings. The molecule has 1 aromatic carbocycles. The van der Waals surface area contributed by atoms with Crippen LogP contribution in [0.3, 0.4) is 0 Å². The number of likely N-dealkylation sites (N-methyl/N-ethyl adjacent to an activating group) is 1. The van der Waals surface area contributed by atoms with E-state index in [4.69, 9.17) is 9.47 Å². The summed E-state index contributed by atoms with van der Waals surface area (Å²) in [7, 11) is 5.06. The van der Waals surface area contributed by atoms with Gasteiger partial charge in [-0.3, -0.25) is 14.8 Å². The second kappa shape index (κ2) is 7.72. The number of hydrogen-bond acceptors (Lipinski definition) is 5. The van der Waals surface area contributed by atoms with E-state index in [2.05, 4.69) is 9.97 Å². The van der Waals surface area contributed by atoms with E-state index < -0.39 is 5.41 Å². The summed E-state index contributed by atoms with van der Waals surface area (Å²) in [5.41, 5.74) is 1.25. The maximum atomic E-state index is 13.4. The summed E-state index contributed by atoms with van der Waals surface area (Å²) in [5.74, 6) is 1.44. The monoisotopic (exact) mass is 355 g/mol. The van der Waals surface area contributed by atoms with Gasteiger partial charge in [-0.25, -0.2) is 0 Å². The van der Waals surface area contributed by atoms with E-state index in [-0.39, 0.29) is 5.91 Å². The summed E-state index contributed by atoms with van der Waals surface area (Å²) >= 11 is 0. The van der Waals surface area contributed by atoms with Gasteiger partial charge in [0.1, 0.15) is 0 Å². The Kier molecular flexibility index (Phi) is 5.40. The maximum Gasteiger partial charge on any atom is 0.233 e. The van der Waals surface area contributed by atoms with Crippen LogP contribution >= 0.6 is 0 Å². The Balaban J connectivity index is 1.91. The molecule has 1 saturated carbocycles.